The quantitative estimate of drug-likeness (QED) is 0.506. The third kappa shape index (κ3) is 3.41. The van der Waals surface area contributed by atoms with Crippen molar-refractivity contribution in [3.8, 4) is 45.4 Å². The van der Waals surface area contributed by atoms with E-state index in [1.54, 1.807) is 12.4 Å². The maximum Gasteiger partial charge on any atom is 0.231 e. The summed E-state index contributed by atoms with van der Waals surface area (Å²) in [6, 6.07) is 15.5. The molecule has 0 fully saturated rings. The SMILES string of the molecule is c1cncc(-c2nc(NCc3ccc4c(c3)OCO4)ncc2-c2ccc3c(c2)OCO3)c1. The molecular formula is C24H18N4O4. The van der Waals surface area contributed by atoms with Gasteiger partial charge >= 0.3 is 0 Å². The highest BCUT2D eigenvalue weighted by atomic mass is 16.7. The molecule has 158 valence electrons. The zero-order valence-corrected chi connectivity index (χ0v) is 16.9. The number of nitrogens with zero attached hydrogens (tertiary/aromatic N) is 3. The van der Waals surface area contributed by atoms with Gasteiger partial charge in [-0.05, 0) is 47.5 Å². The fourth-order valence-electron chi connectivity index (χ4n) is 3.70. The summed E-state index contributed by atoms with van der Waals surface area (Å²) in [5, 5.41) is 3.30. The Bertz CT molecular complexity index is 1300. The number of ether oxygens (including phenoxy) is 4. The molecule has 2 aliphatic rings. The average molecular weight is 426 g/mol. The van der Waals surface area contributed by atoms with E-state index < -0.39 is 0 Å². The van der Waals surface area contributed by atoms with E-state index in [9.17, 15) is 0 Å². The number of nitrogens with one attached hydrogen (secondary N) is 1. The lowest BCUT2D eigenvalue weighted by Crippen LogP contribution is -2.05. The molecule has 1 N–H and O–H groups in total. The van der Waals surface area contributed by atoms with Crippen molar-refractivity contribution in [2.24, 2.45) is 0 Å². The first-order valence-corrected chi connectivity index (χ1v) is 10.1. The highest BCUT2D eigenvalue weighted by Gasteiger charge is 2.18. The predicted octanol–water partition coefficient (Wildman–Crippen LogP) is 4.28. The van der Waals surface area contributed by atoms with Crippen LogP contribution >= 0.6 is 0 Å². The number of aromatic nitrogens is 3. The van der Waals surface area contributed by atoms with Gasteiger partial charge in [0.2, 0.25) is 19.5 Å². The number of fused-ring (bicyclic) bond motifs is 2. The minimum Gasteiger partial charge on any atom is -0.454 e. The molecule has 0 saturated carbocycles. The topological polar surface area (TPSA) is 87.6 Å². The Morgan fingerprint density at radius 1 is 0.781 bits per heavy atom. The molecule has 8 nitrogen and oxygen atoms in total. The maximum atomic E-state index is 5.54. The minimum atomic E-state index is 0.230. The van der Waals surface area contributed by atoms with E-state index in [4.69, 9.17) is 23.9 Å². The van der Waals surface area contributed by atoms with Crippen LogP contribution < -0.4 is 24.3 Å². The zero-order valence-electron chi connectivity index (χ0n) is 16.9. The molecule has 8 heteroatoms. The van der Waals surface area contributed by atoms with Gasteiger partial charge in [0.05, 0.1) is 5.69 Å². The largest absolute Gasteiger partial charge is 0.454 e. The van der Waals surface area contributed by atoms with E-state index >= 15 is 0 Å². The van der Waals surface area contributed by atoms with Gasteiger partial charge < -0.3 is 24.3 Å². The van der Waals surface area contributed by atoms with Crippen molar-refractivity contribution in [2.45, 2.75) is 6.54 Å². The summed E-state index contributed by atoms with van der Waals surface area (Å²) in [4.78, 5) is 13.6. The van der Waals surface area contributed by atoms with Crippen molar-refractivity contribution in [3.05, 3.63) is 72.7 Å². The van der Waals surface area contributed by atoms with Crippen LogP contribution in [0.15, 0.2) is 67.1 Å². The van der Waals surface area contributed by atoms with Gasteiger partial charge in [-0.3, -0.25) is 4.98 Å². The smallest absolute Gasteiger partial charge is 0.231 e. The molecule has 6 rings (SSSR count). The van der Waals surface area contributed by atoms with Gasteiger partial charge in [0, 0.05) is 36.3 Å². The molecular weight excluding hydrogens is 408 g/mol. The summed E-state index contributed by atoms with van der Waals surface area (Å²) >= 11 is 0. The fourth-order valence-corrected chi connectivity index (χ4v) is 3.70. The Balaban J connectivity index is 1.33. The summed E-state index contributed by atoms with van der Waals surface area (Å²) < 4.78 is 21.8. The Morgan fingerprint density at radius 2 is 1.56 bits per heavy atom. The van der Waals surface area contributed by atoms with Gasteiger partial charge in [-0.2, -0.15) is 0 Å². The summed E-state index contributed by atoms with van der Waals surface area (Å²) in [6.07, 6.45) is 5.35. The molecule has 0 saturated heterocycles. The second-order valence-electron chi connectivity index (χ2n) is 7.31. The third-order valence-electron chi connectivity index (χ3n) is 5.29. The van der Waals surface area contributed by atoms with Gasteiger partial charge in [0.15, 0.2) is 23.0 Å². The summed E-state index contributed by atoms with van der Waals surface area (Å²) in [5.41, 5.74) is 4.54. The van der Waals surface area contributed by atoms with Crippen LogP contribution in [0.5, 0.6) is 23.0 Å². The highest BCUT2D eigenvalue weighted by molar-refractivity contribution is 5.81. The van der Waals surface area contributed by atoms with E-state index in [-0.39, 0.29) is 13.6 Å². The zero-order chi connectivity index (χ0) is 21.3. The second kappa shape index (κ2) is 7.73. The van der Waals surface area contributed by atoms with Crippen LogP contribution in [-0.2, 0) is 6.54 Å². The van der Waals surface area contributed by atoms with Crippen molar-refractivity contribution in [2.75, 3.05) is 18.9 Å². The van der Waals surface area contributed by atoms with Crippen LogP contribution in [0.2, 0.25) is 0 Å². The summed E-state index contributed by atoms with van der Waals surface area (Å²) in [6.45, 7) is 1.03. The third-order valence-corrected chi connectivity index (χ3v) is 5.29. The van der Waals surface area contributed by atoms with Crippen LogP contribution in [0.3, 0.4) is 0 Å². The summed E-state index contributed by atoms with van der Waals surface area (Å²) in [7, 11) is 0. The van der Waals surface area contributed by atoms with Crippen LogP contribution in [-0.4, -0.2) is 28.5 Å². The monoisotopic (exact) mass is 426 g/mol. The fraction of sp³-hybridized carbons (Fsp3) is 0.125. The standard InChI is InChI=1S/C24H18N4O4/c1-2-17(11-25-7-1)23-18(16-4-6-20-22(9-16)32-14-30-20)12-27-24(28-23)26-10-15-3-5-19-21(8-15)31-13-29-19/h1-9,11-12H,10,13-14H2,(H,26,27,28). The van der Waals surface area contributed by atoms with E-state index in [1.165, 1.54) is 0 Å². The number of hydrogen-bond donors (Lipinski definition) is 1. The number of rotatable bonds is 5. The second-order valence-corrected chi connectivity index (χ2v) is 7.31. The molecule has 0 unspecified atom stereocenters. The number of anilines is 1. The first-order valence-electron chi connectivity index (χ1n) is 10.1. The van der Waals surface area contributed by atoms with Gasteiger partial charge in [-0.1, -0.05) is 12.1 Å². The molecule has 0 radical (unpaired) electrons. The van der Waals surface area contributed by atoms with Gasteiger partial charge in [0.1, 0.15) is 0 Å². The predicted molar refractivity (Wildman–Crippen MR) is 117 cm³/mol. The van der Waals surface area contributed by atoms with Crippen LogP contribution in [0.25, 0.3) is 22.4 Å². The van der Waals surface area contributed by atoms with Crippen molar-refractivity contribution in [1.29, 1.82) is 0 Å². The van der Waals surface area contributed by atoms with Crippen molar-refractivity contribution >= 4 is 5.95 Å². The first-order chi connectivity index (χ1) is 15.8. The van der Waals surface area contributed by atoms with Gasteiger partial charge in [0.25, 0.3) is 0 Å². The van der Waals surface area contributed by atoms with Crippen LogP contribution in [0.4, 0.5) is 5.95 Å². The lowest BCUT2D eigenvalue weighted by atomic mass is 10.0. The van der Waals surface area contributed by atoms with E-state index in [2.05, 4.69) is 15.3 Å². The Labute approximate surface area is 183 Å². The molecule has 0 amide bonds. The molecule has 32 heavy (non-hydrogen) atoms. The minimum absolute atomic E-state index is 0.230. The Morgan fingerprint density at radius 3 is 2.38 bits per heavy atom. The molecule has 4 aromatic rings. The number of hydrogen-bond acceptors (Lipinski definition) is 8. The molecule has 0 bridgehead atoms. The van der Waals surface area contributed by atoms with E-state index in [0.29, 0.717) is 18.2 Å². The molecule has 2 aromatic heterocycles. The lowest BCUT2D eigenvalue weighted by molar-refractivity contribution is 0.173. The Hall–Kier alpha value is -4.33. The van der Waals surface area contributed by atoms with E-state index in [0.717, 1.165) is 45.2 Å². The normalized spacial score (nSPS) is 13.2. The van der Waals surface area contributed by atoms with Crippen LogP contribution in [0, 0.1) is 0 Å². The number of benzene rings is 2. The number of pyridine rings is 1. The lowest BCUT2D eigenvalue weighted by Gasteiger charge is -2.12. The highest BCUT2D eigenvalue weighted by Crippen LogP contribution is 2.38. The Kier molecular flexibility index (Phi) is 4.46. The maximum absolute atomic E-state index is 5.54. The molecule has 0 atom stereocenters. The van der Waals surface area contributed by atoms with Crippen molar-refractivity contribution in [3.63, 3.8) is 0 Å². The van der Waals surface area contributed by atoms with E-state index in [1.807, 2.05) is 54.7 Å². The molecule has 4 heterocycles. The van der Waals surface area contributed by atoms with Gasteiger partial charge in [-0.25, -0.2) is 9.97 Å². The molecule has 2 aromatic carbocycles. The summed E-state index contributed by atoms with van der Waals surface area (Å²) in [5.74, 6) is 3.48. The molecule has 0 spiro atoms. The first kappa shape index (κ1) is 18.4. The van der Waals surface area contributed by atoms with Gasteiger partial charge in [-0.15, -0.1) is 0 Å². The van der Waals surface area contributed by atoms with Crippen molar-refractivity contribution in [1.82, 2.24) is 15.0 Å². The molecule has 0 aliphatic carbocycles. The average Bonchev–Trinajstić information content (AvgIpc) is 3.51. The van der Waals surface area contributed by atoms with Crippen molar-refractivity contribution < 1.29 is 18.9 Å². The van der Waals surface area contributed by atoms with Crippen LogP contribution in [0.1, 0.15) is 5.56 Å². The molecule has 2 aliphatic heterocycles.